The number of nitro benzene ring substituents is 1. The Balaban J connectivity index is 2.07. The number of hydrogen-bond acceptors (Lipinski definition) is 6. The third kappa shape index (κ3) is 4.36. The Labute approximate surface area is 177 Å². The maximum Gasteiger partial charge on any atom is 0.283 e. The maximum absolute atomic E-state index is 13.0. The molecule has 1 heterocycles. The highest BCUT2D eigenvalue weighted by atomic mass is 35.5. The van der Waals surface area contributed by atoms with Crippen molar-refractivity contribution < 1.29 is 19.2 Å². The van der Waals surface area contributed by atoms with Crippen LogP contribution in [0.1, 0.15) is 27.8 Å². The number of benzene rings is 2. The molecule has 156 valence electrons. The van der Waals surface area contributed by atoms with Gasteiger partial charge in [0.05, 0.1) is 19.1 Å². The number of carbonyl (C=O) groups is 1. The van der Waals surface area contributed by atoms with Crippen molar-refractivity contribution in [3.63, 3.8) is 0 Å². The van der Waals surface area contributed by atoms with Crippen LogP contribution in [0.2, 0.25) is 5.02 Å². The first kappa shape index (κ1) is 21.1. The predicted octanol–water partition coefficient (Wildman–Crippen LogP) is 3.52. The van der Waals surface area contributed by atoms with Gasteiger partial charge in [-0.3, -0.25) is 14.9 Å². The van der Waals surface area contributed by atoms with Gasteiger partial charge >= 0.3 is 0 Å². The van der Waals surface area contributed by atoms with Crippen LogP contribution in [-0.2, 0) is 7.05 Å². The summed E-state index contributed by atoms with van der Waals surface area (Å²) in [4.78, 5) is 28.1. The molecule has 1 atom stereocenters. The summed E-state index contributed by atoms with van der Waals surface area (Å²) < 4.78 is 12.4. The van der Waals surface area contributed by atoms with E-state index in [0.29, 0.717) is 22.9 Å². The molecule has 0 fully saturated rings. The molecule has 3 rings (SSSR count). The number of ether oxygens (including phenoxy) is 2. The number of rotatable bonds is 7. The number of nitro groups is 1. The van der Waals surface area contributed by atoms with E-state index in [1.165, 1.54) is 26.4 Å². The molecule has 1 amide bonds. The predicted molar refractivity (Wildman–Crippen MR) is 110 cm³/mol. The molecular formula is C20H19ClN4O5. The maximum atomic E-state index is 13.0. The summed E-state index contributed by atoms with van der Waals surface area (Å²) in [6.07, 6.45) is 3.33. The lowest BCUT2D eigenvalue weighted by Gasteiger charge is -2.20. The number of nitrogens with zero attached hydrogens (tertiary/aromatic N) is 3. The van der Waals surface area contributed by atoms with E-state index in [-0.39, 0.29) is 16.3 Å². The van der Waals surface area contributed by atoms with Crippen molar-refractivity contribution >= 4 is 23.2 Å². The molecule has 1 unspecified atom stereocenters. The number of hydrogen-bond donors (Lipinski definition) is 1. The van der Waals surface area contributed by atoms with Gasteiger partial charge in [0.25, 0.3) is 11.6 Å². The first-order valence-corrected chi connectivity index (χ1v) is 9.16. The number of aryl methyl sites for hydroxylation is 1. The van der Waals surface area contributed by atoms with Crippen LogP contribution in [0.4, 0.5) is 5.69 Å². The molecule has 0 radical (unpaired) electrons. The Bertz CT molecular complexity index is 1080. The number of nitrogens with one attached hydrogen (secondary N) is 1. The molecule has 0 bridgehead atoms. The van der Waals surface area contributed by atoms with Gasteiger partial charge in [-0.1, -0.05) is 11.6 Å². The van der Waals surface area contributed by atoms with Gasteiger partial charge in [0.1, 0.15) is 28.9 Å². The molecule has 0 saturated carbocycles. The number of halogens is 1. The summed E-state index contributed by atoms with van der Waals surface area (Å²) >= 11 is 5.86. The summed E-state index contributed by atoms with van der Waals surface area (Å²) in [5.41, 5.74) is 0.130. The standard InChI is InChI=1S/C20H19ClN4O5/c1-24-7-6-22-19(24)18(12-8-14(29-2)11-15(9-12)30-3)23-20(26)16-5-4-13(21)10-17(16)25(27)28/h4-11,18H,1-3H3,(H,23,26). The molecular weight excluding hydrogens is 412 g/mol. The zero-order valence-electron chi connectivity index (χ0n) is 16.5. The molecule has 3 aromatic rings. The zero-order valence-corrected chi connectivity index (χ0v) is 17.2. The van der Waals surface area contributed by atoms with E-state index in [4.69, 9.17) is 21.1 Å². The Kier molecular flexibility index (Phi) is 6.22. The molecule has 10 heteroatoms. The van der Waals surface area contributed by atoms with Crippen molar-refractivity contribution in [3.8, 4) is 11.5 Å². The van der Waals surface area contributed by atoms with Crippen LogP contribution in [0.5, 0.6) is 11.5 Å². The number of imidazole rings is 1. The van der Waals surface area contributed by atoms with Crippen molar-refractivity contribution in [2.24, 2.45) is 7.05 Å². The SMILES string of the molecule is COc1cc(OC)cc(C(NC(=O)c2ccc(Cl)cc2[N+](=O)[O-])c2nccn2C)c1. The van der Waals surface area contributed by atoms with Gasteiger partial charge < -0.3 is 19.4 Å². The minimum atomic E-state index is -0.725. The van der Waals surface area contributed by atoms with Crippen molar-refractivity contribution in [1.29, 1.82) is 0 Å². The highest BCUT2D eigenvalue weighted by molar-refractivity contribution is 6.31. The van der Waals surface area contributed by atoms with Gasteiger partial charge in [-0.15, -0.1) is 0 Å². The first-order valence-electron chi connectivity index (χ1n) is 8.79. The van der Waals surface area contributed by atoms with E-state index in [1.807, 2.05) is 0 Å². The van der Waals surface area contributed by atoms with Crippen molar-refractivity contribution in [3.05, 3.63) is 80.9 Å². The summed E-state index contributed by atoms with van der Waals surface area (Å²) in [7, 11) is 4.82. The molecule has 1 aromatic heterocycles. The lowest BCUT2D eigenvalue weighted by atomic mass is 10.0. The van der Waals surface area contributed by atoms with Gasteiger partial charge in [-0.05, 0) is 29.8 Å². The second kappa shape index (κ2) is 8.83. The number of aromatic nitrogens is 2. The highest BCUT2D eigenvalue weighted by Crippen LogP contribution is 2.30. The Morgan fingerprint density at radius 1 is 1.20 bits per heavy atom. The van der Waals surface area contributed by atoms with Gasteiger partial charge in [0.2, 0.25) is 0 Å². The topological polar surface area (TPSA) is 109 Å². The van der Waals surface area contributed by atoms with E-state index in [2.05, 4.69) is 10.3 Å². The number of methoxy groups -OCH3 is 2. The van der Waals surface area contributed by atoms with Crippen molar-refractivity contribution in [2.75, 3.05) is 14.2 Å². The van der Waals surface area contributed by atoms with Gasteiger partial charge in [0.15, 0.2) is 0 Å². The molecule has 1 N–H and O–H groups in total. The van der Waals surface area contributed by atoms with Crippen LogP contribution in [0, 0.1) is 10.1 Å². The molecule has 0 aliphatic rings. The lowest BCUT2D eigenvalue weighted by molar-refractivity contribution is -0.385. The Morgan fingerprint density at radius 2 is 1.87 bits per heavy atom. The summed E-state index contributed by atoms with van der Waals surface area (Å²) in [5, 5.41) is 14.4. The Morgan fingerprint density at radius 3 is 2.40 bits per heavy atom. The lowest BCUT2D eigenvalue weighted by Crippen LogP contribution is -2.31. The van der Waals surface area contributed by atoms with Gasteiger partial charge in [-0.2, -0.15) is 0 Å². The van der Waals surface area contributed by atoms with E-state index >= 15 is 0 Å². The minimum Gasteiger partial charge on any atom is -0.497 e. The average molecular weight is 431 g/mol. The minimum absolute atomic E-state index is 0.113. The third-order valence-electron chi connectivity index (χ3n) is 4.50. The van der Waals surface area contributed by atoms with Gasteiger partial charge in [0, 0.05) is 36.6 Å². The van der Waals surface area contributed by atoms with Crippen LogP contribution in [0.25, 0.3) is 0 Å². The van der Waals surface area contributed by atoms with Crippen LogP contribution in [-0.4, -0.2) is 34.6 Å². The summed E-state index contributed by atoms with van der Waals surface area (Å²) in [6.45, 7) is 0. The van der Waals surface area contributed by atoms with Crippen LogP contribution < -0.4 is 14.8 Å². The van der Waals surface area contributed by atoms with Crippen LogP contribution in [0.15, 0.2) is 48.8 Å². The molecule has 9 nitrogen and oxygen atoms in total. The molecule has 2 aromatic carbocycles. The van der Waals surface area contributed by atoms with Gasteiger partial charge in [-0.25, -0.2) is 4.98 Å². The molecule has 0 aliphatic heterocycles. The van der Waals surface area contributed by atoms with E-state index < -0.39 is 16.9 Å². The number of amides is 1. The summed E-state index contributed by atoms with van der Waals surface area (Å²) in [5.74, 6) is 0.925. The third-order valence-corrected chi connectivity index (χ3v) is 4.74. The monoisotopic (exact) mass is 430 g/mol. The van der Waals surface area contributed by atoms with Crippen molar-refractivity contribution in [2.45, 2.75) is 6.04 Å². The molecule has 0 spiro atoms. The first-order chi connectivity index (χ1) is 14.3. The normalized spacial score (nSPS) is 11.6. The molecule has 30 heavy (non-hydrogen) atoms. The second-order valence-corrected chi connectivity index (χ2v) is 6.80. The summed E-state index contributed by atoms with van der Waals surface area (Å²) in [6, 6.07) is 8.32. The fourth-order valence-electron chi connectivity index (χ4n) is 3.01. The second-order valence-electron chi connectivity index (χ2n) is 6.37. The number of carbonyl (C=O) groups excluding carboxylic acids is 1. The fraction of sp³-hybridized carbons (Fsp3) is 0.200. The van der Waals surface area contributed by atoms with E-state index in [0.717, 1.165) is 6.07 Å². The molecule has 0 saturated heterocycles. The average Bonchev–Trinajstić information content (AvgIpc) is 3.16. The zero-order chi connectivity index (χ0) is 21.8. The smallest absolute Gasteiger partial charge is 0.283 e. The quantitative estimate of drug-likeness (QED) is 0.453. The van der Waals surface area contributed by atoms with Crippen molar-refractivity contribution in [1.82, 2.24) is 14.9 Å². The largest absolute Gasteiger partial charge is 0.497 e. The highest BCUT2D eigenvalue weighted by Gasteiger charge is 2.27. The van der Waals surface area contributed by atoms with E-state index in [9.17, 15) is 14.9 Å². The van der Waals surface area contributed by atoms with Crippen LogP contribution in [0.3, 0.4) is 0 Å². The Hall–Kier alpha value is -3.59. The fourth-order valence-corrected chi connectivity index (χ4v) is 3.17. The molecule has 0 aliphatic carbocycles. The van der Waals surface area contributed by atoms with E-state index in [1.54, 1.807) is 42.2 Å². The van der Waals surface area contributed by atoms with Crippen LogP contribution >= 0.6 is 11.6 Å².